The van der Waals surface area contributed by atoms with Gasteiger partial charge in [0.2, 0.25) is 5.69 Å². The number of hydrogen-bond acceptors (Lipinski definition) is 0. The summed E-state index contributed by atoms with van der Waals surface area (Å²) in [5.74, 6) is 0. The third kappa shape index (κ3) is 2.61. The number of hydrogen-bond donors (Lipinski definition) is 0. The highest BCUT2D eigenvalue weighted by molar-refractivity contribution is 5.02. The molecule has 1 aromatic rings. The highest BCUT2D eigenvalue weighted by atomic mass is 15.4. The fourth-order valence-electron chi connectivity index (χ4n) is 2.46. The predicted molar refractivity (Wildman–Crippen MR) is 63.9 cm³/mol. The molecule has 0 radical (unpaired) electrons. The van der Waals surface area contributed by atoms with Gasteiger partial charge in [-0.15, -0.1) is 4.68 Å². The first-order chi connectivity index (χ1) is 7.11. The Bertz CT molecular complexity index is 307. The first-order valence-corrected chi connectivity index (χ1v) is 6.16. The summed E-state index contributed by atoms with van der Waals surface area (Å²) in [6, 6.07) is 2.96. The van der Waals surface area contributed by atoms with Gasteiger partial charge in [-0.25, -0.2) is 0 Å². The van der Waals surface area contributed by atoms with Crippen molar-refractivity contribution >= 4 is 0 Å². The summed E-state index contributed by atoms with van der Waals surface area (Å²) in [5.41, 5.74) is 2.74. The van der Waals surface area contributed by atoms with Crippen molar-refractivity contribution in [2.45, 2.75) is 59.4 Å². The summed E-state index contributed by atoms with van der Waals surface area (Å²) in [6.07, 6.45) is 5.11. The van der Waals surface area contributed by atoms with Crippen LogP contribution in [-0.4, -0.2) is 4.68 Å². The van der Waals surface area contributed by atoms with Crippen LogP contribution in [0.3, 0.4) is 0 Å². The Labute approximate surface area is 93.9 Å². The van der Waals surface area contributed by atoms with Crippen molar-refractivity contribution in [1.29, 1.82) is 0 Å². The van der Waals surface area contributed by atoms with E-state index in [9.17, 15) is 0 Å². The normalized spacial score (nSPS) is 11.3. The molecular weight excluding hydrogens is 184 g/mol. The van der Waals surface area contributed by atoms with Crippen LogP contribution in [0.1, 0.15) is 57.0 Å². The van der Waals surface area contributed by atoms with Gasteiger partial charge in [0.05, 0.1) is 11.7 Å². The van der Waals surface area contributed by atoms with Gasteiger partial charge in [-0.1, -0.05) is 26.7 Å². The largest absolute Gasteiger partial charge is 0.204 e. The zero-order chi connectivity index (χ0) is 11.4. The van der Waals surface area contributed by atoms with Crippen LogP contribution in [0, 0.1) is 13.8 Å². The topological polar surface area (TPSA) is 8.81 Å². The van der Waals surface area contributed by atoms with Gasteiger partial charge >= 0.3 is 0 Å². The quantitative estimate of drug-likeness (QED) is 0.659. The van der Waals surface area contributed by atoms with Gasteiger partial charge in [0.1, 0.15) is 0 Å². The van der Waals surface area contributed by atoms with E-state index in [1.807, 2.05) is 0 Å². The summed E-state index contributed by atoms with van der Waals surface area (Å²) < 4.78 is 4.76. The Morgan fingerprint density at radius 3 is 2.07 bits per heavy atom. The van der Waals surface area contributed by atoms with Crippen molar-refractivity contribution in [3.63, 3.8) is 0 Å². The molecule has 2 heteroatoms. The number of aryl methyl sites for hydroxylation is 2. The van der Waals surface area contributed by atoms with E-state index in [0.29, 0.717) is 6.04 Å². The maximum Gasteiger partial charge on any atom is 0.204 e. The number of aromatic nitrogens is 2. The van der Waals surface area contributed by atoms with Gasteiger partial charge in [0, 0.05) is 13.0 Å². The zero-order valence-corrected chi connectivity index (χ0v) is 10.9. The first kappa shape index (κ1) is 12.3. The van der Waals surface area contributed by atoms with Crippen LogP contribution < -0.4 is 4.68 Å². The predicted octanol–water partition coefficient (Wildman–Crippen LogP) is 3.07. The lowest BCUT2D eigenvalue weighted by Gasteiger charge is -2.16. The second kappa shape index (κ2) is 5.34. The molecule has 1 aromatic heterocycles. The van der Waals surface area contributed by atoms with Crippen LogP contribution in [0.4, 0.5) is 0 Å². The van der Waals surface area contributed by atoms with Crippen molar-refractivity contribution in [2.75, 3.05) is 0 Å². The summed E-state index contributed by atoms with van der Waals surface area (Å²) in [5, 5.41) is 0. The van der Waals surface area contributed by atoms with E-state index >= 15 is 0 Å². The van der Waals surface area contributed by atoms with Gasteiger partial charge in [0.25, 0.3) is 0 Å². The zero-order valence-electron chi connectivity index (χ0n) is 10.9. The van der Waals surface area contributed by atoms with E-state index in [1.54, 1.807) is 0 Å². The summed E-state index contributed by atoms with van der Waals surface area (Å²) in [6.45, 7) is 8.94. The Morgan fingerprint density at radius 2 is 1.73 bits per heavy atom. The molecule has 15 heavy (non-hydrogen) atoms. The van der Waals surface area contributed by atoms with E-state index in [-0.39, 0.29) is 0 Å². The minimum atomic E-state index is 0.679. The van der Waals surface area contributed by atoms with E-state index < -0.39 is 0 Å². The second-order valence-electron chi connectivity index (χ2n) is 4.53. The molecule has 86 valence electrons. The molecule has 1 rings (SSSR count). The lowest BCUT2D eigenvalue weighted by molar-refractivity contribution is -0.762. The monoisotopic (exact) mass is 209 g/mol. The fourth-order valence-corrected chi connectivity index (χ4v) is 2.46. The van der Waals surface area contributed by atoms with E-state index in [2.05, 4.69) is 50.2 Å². The molecule has 0 saturated carbocycles. The maximum atomic E-state index is 2.46. The van der Waals surface area contributed by atoms with Crippen molar-refractivity contribution in [1.82, 2.24) is 4.68 Å². The van der Waals surface area contributed by atoms with Gasteiger partial charge < -0.3 is 0 Å². The Balaban J connectivity index is 2.98. The number of nitrogens with zero attached hydrogens (tertiary/aromatic N) is 2. The first-order valence-electron chi connectivity index (χ1n) is 6.16. The van der Waals surface area contributed by atoms with Crippen LogP contribution in [0.25, 0.3) is 0 Å². The van der Waals surface area contributed by atoms with Crippen molar-refractivity contribution < 1.29 is 4.68 Å². The van der Waals surface area contributed by atoms with Crippen LogP contribution in [0.15, 0.2) is 6.07 Å². The third-order valence-corrected chi connectivity index (χ3v) is 3.20. The summed E-state index contributed by atoms with van der Waals surface area (Å²) in [7, 11) is 2.17. The Hall–Kier alpha value is -0.790. The van der Waals surface area contributed by atoms with Crippen LogP contribution >= 0.6 is 0 Å². The SMILES string of the molecule is CCCC(CCC)n1c(C)cc(C)[n+]1C. The molecule has 0 aliphatic rings. The molecule has 0 aromatic carbocycles. The maximum absolute atomic E-state index is 2.46. The van der Waals surface area contributed by atoms with Crippen molar-refractivity contribution in [3.05, 3.63) is 17.5 Å². The molecule has 0 aliphatic carbocycles. The van der Waals surface area contributed by atoms with E-state index in [1.165, 1.54) is 37.1 Å². The Morgan fingerprint density at radius 1 is 1.20 bits per heavy atom. The van der Waals surface area contributed by atoms with Crippen LogP contribution in [0.2, 0.25) is 0 Å². The average molecular weight is 209 g/mol. The minimum Gasteiger partial charge on any atom is -0.155 e. The highest BCUT2D eigenvalue weighted by Crippen LogP contribution is 2.20. The molecule has 0 saturated heterocycles. The average Bonchev–Trinajstić information content (AvgIpc) is 2.41. The van der Waals surface area contributed by atoms with Gasteiger partial charge in [0.15, 0.2) is 7.05 Å². The molecule has 2 nitrogen and oxygen atoms in total. The molecule has 1 heterocycles. The Kier molecular flexibility index (Phi) is 4.37. The van der Waals surface area contributed by atoms with Crippen LogP contribution in [-0.2, 0) is 7.05 Å². The molecule has 0 bridgehead atoms. The van der Waals surface area contributed by atoms with Gasteiger partial charge in [-0.3, -0.25) is 0 Å². The lowest BCUT2D eigenvalue weighted by atomic mass is 10.1. The highest BCUT2D eigenvalue weighted by Gasteiger charge is 2.20. The minimum absolute atomic E-state index is 0.679. The van der Waals surface area contributed by atoms with Crippen molar-refractivity contribution in [3.8, 4) is 0 Å². The molecule has 0 aliphatic heterocycles. The molecule has 0 N–H and O–H groups in total. The van der Waals surface area contributed by atoms with Gasteiger partial charge in [-0.05, 0) is 19.8 Å². The number of rotatable bonds is 5. The molecule has 0 unspecified atom stereocenters. The van der Waals surface area contributed by atoms with E-state index in [0.717, 1.165) is 0 Å². The van der Waals surface area contributed by atoms with Gasteiger partial charge in [-0.2, -0.15) is 4.68 Å². The molecule has 0 spiro atoms. The van der Waals surface area contributed by atoms with Crippen LogP contribution in [0.5, 0.6) is 0 Å². The third-order valence-electron chi connectivity index (χ3n) is 3.20. The lowest BCUT2D eigenvalue weighted by Crippen LogP contribution is -2.43. The molecule has 0 fully saturated rings. The molecule has 0 amide bonds. The molecule has 0 atom stereocenters. The standard InChI is InChI=1S/C13H25N2/c1-6-8-13(9-7-2)15-12(4)10-11(3)14(15)5/h10,13H,6-9H2,1-5H3/q+1. The van der Waals surface area contributed by atoms with Crippen molar-refractivity contribution in [2.24, 2.45) is 7.05 Å². The van der Waals surface area contributed by atoms with E-state index in [4.69, 9.17) is 0 Å². The summed E-state index contributed by atoms with van der Waals surface area (Å²) in [4.78, 5) is 0. The molecular formula is C13H25N2+. The fraction of sp³-hybridized carbons (Fsp3) is 0.769. The summed E-state index contributed by atoms with van der Waals surface area (Å²) >= 11 is 0. The second-order valence-corrected chi connectivity index (χ2v) is 4.53. The smallest absolute Gasteiger partial charge is 0.155 e.